The number of benzene rings is 1. The number of aliphatic carboxylic acids is 1. The fourth-order valence-electron chi connectivity index (χ4n) is 2.27. The van der Waals surface area contributed by atoms with Crippen molar-refractivity contribution >= 4 is 17.1 Å². The van der Waals surface area contributed by atoms with Gasteiger partial charge >= 0.3 is 11.7 Å². The van der Waals surface area contributed by atoms with E-state index in [1.165, 1.54) is 0 Å². The molecule has 0 amide bonds. The van der Waals surface area contributed by atoms with Gasteiger partial charge in [0.05, 0.1) is 11.9 Å². The summed E-state index contributed by atoms with van der Waals surface area (Å²) in [6, 6.07) is 5.42. The first-order valence-electron chi connectivity index (χ1n) is 6.21. The normalized spacial score (nSPS) is 11.9. The molecule has 5 heteroatoms. The van der Waals surface area contributed by atoms with E-state index < -0.39 is 11.4 Å². The van der Waals surface area contributed by atoms with Crippen LogP contribution in [0.5, 0.6) is 0 Å². The van der Waals surface area contributed by atoms with Crippen LogP contribution in [0, 0.1) is 0 Å². The van der Waals surface area contributed by atoms with E-state index in [2.05, 4.69) is 0 Å². The van der Waals surface area contributed by atoms with Gasteiger partial charge in [-0.2, -0.15) is 0 Å². The van der Waals surface area contributed by atoms with E-state index in [1.54, 1.807) is 10.6 Å². The van der Waals surface area contributed by atoms with Crippen molar-refractivity contribution in [2.75, 3.05) is 0 Å². The molecule has 0 fully saturated rings. The van der Waals surface area contributed by atoms with Crippen LogP contribution in [-0.2, 0) is 16.8 Å². The molecule has 1 aromatic heterocycles. The summed E-state index contributed by atoms with van der Waals surface area (Å²) in [6.45, 7) is 6.14. The fourth-order valence-corrected chi connectivity index (χ4v) is 2.27. The van der Waals surface area contributed by atoms with Crippen LogP contribution in [0.25, 0.3) is 11.1 Å². The zero-order valence-electron chi connectivity index (χ0n) is 11.3. The molecule has 5 nitrogen and oxygen atoms in total. The molecule has 0 unspecified atom stereocenters. The Hall–Kier alpha value is -2.04. The Bertz CT molecular complexity index is 678. The third kappa shape index (κ3) is 2.41. The van der Waals surface area contributed by atoms with Crippen LogP contribution >= 0.6 is 0 Å². The number of carboxylic acid groups (broad SMARTS) is 1. The molecule has 1 N–H and O–H groups in total. The van der Waals surface area contributed by atoms with E-state index in [1.807, 2.05) is 32.9 Å². The highest BCUT2D eigenvalue weighted by Gasteiger charge is 2.25. The zero-order valence-corrected chi connectivity index (χ0v) is 11.3. The van der Waals surface area contributed by atoms with Gasteiger partial charge in [-0.25, -0.2) is 4.79 Å². The SMILES string of the molecule is CCn1c(=O)oc2cc(C(C)(C)CC(=O)O)ccc21. The molecule has 1 aromatic carbocycles. The first-order valence-corrected chi connectivity index (χ1v) is 6.21. The second-order valence-corrected chi connectivity index (χ2v) is 5.25. The predicted octanol–water partition coefficient (Wildman–Crippen LogP) is 2.37. The second kappa shape index (κ2) is 4.57. The molecule has 0 bridgehead atoms. The maximum atomic E-state index is 11.6. The Morgan fingerprint density at radius 1 is 1.42 bits per heavy atom. The molecule has 0 saturated heterocycles. The first-order chi connectivity index (χ1) is 8.85. The summed E-state index contributed by atoms with van der Waals surface area (Å²) in [5.41, 5.74) is 1.58. The number of hydrogen-bond donors (Lipinski definition) is 1. The lowest BCUT2D eigenvalue weighted by Gasteiger charge is -2.22. The summed E-state index contributed by atoms with van der Waals surface area (Å²) in [5, 5.41) is 8.93. The maximum Gasteiger partial charge on any atom is 0.419 e. The van der Waals surface area contributed by atoms with E-state index in [9.17, 15) is 9.59 Å². The third-order valence-electron chi connectivity index (χ3n) is 3.36. The van der Waals surface area contributed by atoms with E-state index in [-0.39, 0.29) is 12.2 Å². The summed E-state index contributed by atoms with van der Waals surface area (Å²) < 4.78 is 6.74. The second-order valence-electron chi connectivity index (χ2n) is 5.25. The van der Waals surface area contributed by atoms with E-state index >= 15 is 0 Å². The lowest BCUT2D eigenvalue weighted by Crippen LogP contribution is -2.21. The molecule has 0 radical (unpaired) electrons. The minimum atomic E-state index is -0.849. The Kier molecular flexibility index (Phi) is 3.22. The zero-order chi connectivity index (χ0) is 14.2. The van der Waals surface area contributed by atoms with Crippen molar-refractivity contribution in [3.8, 4) is 0 Å². The van der Waals surface area contributed by atoms with Crippen molar-refractivity contribution in [2.45, 2.75) is 39.2 Å². The third-order valence-corrected chi connectivity index (χ3v) is 3.36. The van der Waals surface area contributed by atoms with E-state index in [0.29, 0.717) is 12.1 Å². The van der Waals surface area contributed by atoms with Crippen molar-refractivity contribution in [3.05, 3.63) is 34.3 Å². The summed E-state index contributed by atoms with van der Waals surface area (Å²) >= 11 is 0. The number of rotatable bonds is 4. The average Bonchev–Trinajstić information content (AvgIpc) is 2.61. The fraction of sp³-hybridized carbons (Fsp3) is 0.429. The summed E-state index contributed by atoms with van der Waals surface area (Å²) in [5.74, 6) is -1.23. The summed E-state index contributed by atoms with van der Waals surface area (Å²) in [4.78, 5) is 22.5. The topological polar surface area (TPSA) is 72.4 Å². The molecule has 0 atom stereocenters. The standard InChI is InChI=1S/C14H17NO4/c1-4-15-10-6-5-9(7-11(10)19-13(15)18)14(2,3)8-12(16)17/h5-7H,4,8H2,1-3H3,(H,16,17). The number of fused-ring (bicyclic) bond motifs is 1. The van der Waals surface area contributed by atoms with Crippen LogP contribution in [0.3, 0.4) is 0 Å². The highest BCUT2D eigenvalue weighted by atomic mass is 16.4. The largest absolute Gasteiger partial charge is 0.481 e. The Balaban J connectivity index is 2.53. The van der Waals surface area contributed by atoms with Crippen LogP contribution in [0.4, 0.5) is 0 Å². The number of aryl methyl sites for hydroxylation is 1. The van der Waals surface area contributed by atoms with Gasteiger partial charge in [0.2, 0.25) is 0 Å². The molecule has 0 spiro atoms. The van der Waals surface area contributed by atoms with Crippen molar-refractivity contribution in [1.82, 2.24) is 4.57 Å². The number of oxazole rings is 1. The quantitative estimate of drug-likeness (QED) is 0.919. The molecule has 0 aliphatic heterocycles. The molecular formula is C14H17NO4. The van der Waals surface area contributed by atoms with Gasteiger partial charge in [0.15, 0.2) is 5.58 Å². The predicted molar refractivity (Wildman–Crippen MR) is 71.4 cm³/mol. The van der Waals surface area contributed by atoms with Gasteiger partial charge in [0, 0.05) is 12.0 Å². The summed E-state index contributed by atoms with van der Waals surface area (Å²) in [6.07, 6.45) is 0.0250. The Morgan fingerprint density at radius 3 is 2.68 bits per heavy atom. The molecule has 0 aliphatic rings. The van der Waals surface area contributed by atoms with Crippen LogP contribution in [0.2, 0.25) is 0 Å². The lowest BCUT2D eigenvalue weighted by atomic mass is 9.81. The summed E-state index contributed by atoms with van der Waals surface area (Å²) in [7, 11) is 0. The van der Waals surface area contributed by atoms with Crippen LogP contribution in [0.1, 0.15) is 32.8 Å². The minimum Gasteiger partial charge on any atom is -0.481 e. The minimum absolute atomic E-state index is 0.0250. The first kappa shape index (κ1) is 13.4. The van der Waals surface area contributed by atoms with Crippen LogP contribution in [-0.4, -0.2) is 15.6 Å². The van der Waals surface area contributed by atoms with Crippen molar-refractivity contribution < 1.29 is 14.3 Å². The monoisotopic (exact) mass is 263 g/mol. The van der Waals surface area contributed by atoms with Gasteiger partial charge in [-0.3, -0.25) is 9.36 Å². The highest BCUT2D eigenvalue weighted by molar-refractivity contribution is 5.75. The maximum absolute atomic E-state index is 11.6. The van der Waals surface area contributed by atoms with Gasteiger partial charge in [-0.1, -0.05) is 19.9 Å². The smallest absolute Gasteiger partial charge is 0.419 e. The van der Waals surface area contributed by atoms with Crippen molar-refractivity contribution in [2.24, 2.45) is 0 Å². The van der Waals surface area contributed by atoms with Crippen LogP contribution in [0.15, 0.2) is 27.4 Å². The molecular weight excluding hydrogens is 246 g/mol. The molecule has 2 rings (SSSR count). The number of aromatic nitrogens is 1. The Morgan fingerprint density at radius 2 is 2.11 bits per heavy atom. The molecule has 0 aliphatic carbocycles. The van der Waals surface area contributed by atoms with Gasteiger partial charge < -0.3 is 9.52 Å². The van der Waals surface area contributed by atoms with Crippen molar-refractivity contribution in [3.63, 3.8) is 0 Å². The van der Waals surface area contributed by atoms with Gasteiger partial charge in [0.1, 0.15) is 0 Å². The van der Waals surface area contributed by atoms with Gasteiger partial charge in [0.25, 0.3) is 0 Å². The lowest BCUT2D eigenvalue weighted by molar-refractivity contribution is -0.138. The van der Waals surface area contributed by atoms with Gasteiger partial charge in [-0.15, -0.1) is 0 Å². The molecule has 102 valence electrons. The average molecular weight is 263 g/mol. The van der Waals surface area contributed by atoms with Gasteiger partial charge in [-0.05, 0) is 24.6 Å². The number of carboxylic acids is 1. The van der Waals surface area contributed by atoms with E-state index in [0.717, 1.165) is 11.1 Å². The number of carbonyl (C=O) groups is 1. The number of nitrogens with zero attached hydrogens (tertiary/aromatic N) is 1. The van der Waals surface area contributed by atoms with E-state index in [4.69, 9.17) is 9.52 Å². The highest BCUT2D eigenvalue weighted by Crippen LogP contribution is 2.29. The molecule has 1 heterocycles. The van der Waals surface area contributed by atoms with Crippen LogP contribution < -0.4 is 5.76 Å². The molecule has 0 saturated carbocycles. The molecule has 19 heavy (non-hydrogen) atoms. The molecule has 2 aromatic rings. The Labute approximate surface area is 110 Å². The number of hydrogen-bond acceptors (Lipinski definition) is 3. The van der Waals surface area contributed by atoms with Crippen molar-refractivity contribution in [1.29, 1.82) is 0 Å².